The molecule has 2 aliphatic heterocycles. The zero-order valence-corrected chi connectivity index (χ0v) is 18.3. The van der Waals surface area contributed by atoms with Crippen molar-refractivity contribution in [3.8, 4) is 11.4 Å². The summed E-state index contributed by atoms with van der Waals surface area (Å²) in [5, 5.41) is 4.00. The van der Waals surface area contributed by atoms with Crippen molar-refractivity contribution in [1.29, 1.82) is 0 Å². The van der Waals surface area contributed by atoms with Gasteiger partial charge in [-0.3, -0.25) is 19.6 Å². The Morgan fingerprint density at radius 1 is 1.23 bits per heavy atom. The second-order valence-electron chi connectivity index (χ2n) is 8.25. The number of nitrogens with zero attached hydrogens (tertiary/aromatic N) is 6. The maximum Gasteiger partial charge on any atom is 0.236 e. The SMILES string of the molecule is CCN(CC)C1CCN(C(=O)CN2CCc3cc(-c4noc(C)n4)cnc3CC2)C1. The number of aromatic nitrogens is 3. The van der Waals surface area contributed by atoms with Crippen LogP contribution in [0.5, 0.6) is 0 Å². The van der Waals surface area contributed by atoms with E-state index in [1.54, 1.807) is 6.92 Å². The van der Waals surface area contributed by atoms with Gasteiger partial charge in [-0.25, -0.2) is 0 Å². The van der Waals surface area contributed by atoms with E-state index in [4.69, 9.17) is 4.52 Å². The van der Waals surface area contributed by atoms with Crippen molar-refractivity contribution in [2.45, 2.75) is 46.1 Å². The van der Waals surface area contributed by atoms with Crippen LogP contribution in [0.3, 0.4) is 0 Å². The first-order chi connectivity index (χ1) is 14.6. The van der Waals surface area contributed by atoms with Crippen molar-refractivity contribution in [3.63, 3.8) is 0 Å². The van der Waals surface area contributed by atoms with E-state index in [9.17, 15) is 4.79 Å². The van der Waals surface area contributed by atoms with Crippen LogP contribution in [-0.2, 0) is 17.6 Å². The van der Waals surface area contributed by atoms with Gasteiger partial charge in [0.15, 0.2) is 0 Å². The van der Waals surface area contributed by atoms with Gasteiger partial charge in [-0.05, 0) is 37.6 Å². The van der Waals surface area contributed by atoms with E-state index in [2.05, 4.69) is 49.7 Å². The summed E-state index contributed by atoms with van der Waals surface area (Å²) in [6.07, 6.45) is 4.64. The Morgan fingerprint density at radius 2 is 2.03 bits per heavy atom. The molecule has 1 saturated heterocycles. The van der Waals surface area contributed by atoms with Crippen LogP contribution in [0.4, 0.5) is 0 Å². The van der Waals surface area contributed by atoms with Gasteiger partial charge in [-0.2, -0.15) is 4.98 Å². The number of fused-ring (bicyclic) bond motifs is 1. The number of hydrogen-bond donors (Lipinski definition) is 0. The highest BCUT2D eigenvalue weighted by Gasteiger charge is 2.30. The van der Waals surface area contributed by atoms with Crippen LogP contribution in [0.1, 0.15) is 37.4 Å². The molecule has 2 aliphatic rings. The number of carbonyl (C=O) groups excluding carboxylic acids is 1. The molecular weight excluding hydrogens is 380 g/mol. The van der Waals surface area contributed by atoms with Gasteiger partial charge in [-0.15, -0.1) is 0 Å². The Kier molecular flexibility index (Phi) is 6.43. The first kappa shape index (κ1) is 20.9. The molecule has 4 heterocycles. The first-order valence-electron chi connectivity index (χ1n) is 11.1. The van der Waals surface area contributed by atoms with Crippen LogP contribution in [-0.4, -0.2) is 87.6 Å². The van der Waals surface area contributed by atoms with E-state index in [-0.39, 0.29) is 5.91 Å². The molecule has 1 fully saturated rings. The molecule has 4 rings (SSSR count). The van der Waals surface area contributed by atoms with Gasteiger partial charge < -0.3 is 9.42 Å². The molecule has 2 aromatic rings. The first-order valence-corrected chi connectivity index (χ1v) is 11.1. The predicted molar refractivity (Wildman–Crippen MR) is 114 cm³/mol. The van der Waals surface area contributed by atoms with E-state index in [0.29, 0.717) is 24.3 Å². The smallest absolute Gasteiger partial charge is 0.236 e. The van der Waals surface area contributed by atoms with Crippen molar-refractivity contribution in [2.75, 3.05) is 45.8 Å². The summed E-state index contributed by atoms with van der Waals surface area (Å²) < 4.78 is 5.09. The summed E-state index contributed by atoms with van der Waals surface area (Å²) in [6.45, 7) is 12.2. The number of carbonyl (C=O) groups is 1. The van der Waals surface area contributed by atoms with Gasteiger partial charge >= 0.3 is 0 Å². The topological polar surface area (TPSA) is 78.6 Å². The lowest BCUT2D eigenvalue weighted by molar-refractivity contribution is -0.131. The molecule has 1 amide bonds. The minimum atomic E-state index is 0.256. The van der Waals surface area contributed by atoms with E-state index in [1.165, 1.54) is 5.56 Å². The Morgan fingerprint density at radius 3 is 2.77 bits per heavy atom. The number of pyridine rings is 1. The average Bonchev–Trinajstić information content (AvgIpc) is 3.36. The Bertz CT molecular complexity index is 878. The van der Waals surface area contributed by atoms with Gasteiger partial charge in [0.25, 0.3) is 0 Å². The van der Waals surface area contributed by atoms with Crippen LogP contribution in [0.15, 0.2) is 16.8 Å². The summed E-state index contributed by atoms with van der Waals surface area (Å²) >= 11 is 0. The van der Waals surface area contributed by atoms with E-state index < -0.39 is 0 Å². The van der Waals surface area contributed by atoms with Gasteiger partial charge in [0.2, 0.25) is 17.6 Å². The quantitative estimate of drug-likeness (QED) is 0.716. The lowest BCUT2D eigenvalue weighted by Crippen LogP contribution is -2.42. The van der Waals surface area contributed by atoms with Gasteiger partial charge in [-0.1, -0.05) is 19.0 Å². The Labute approximate surface area is 178 Å². The normalized spacial score (nSPS) is 19.9. The van der Waals surface area contributed by atoms with Crippen molar-refractivity contribution >= 4 is 5.91 Å². The van der Waals surface area contributed by atoms with E-state index >= 15 is 0 Å². The maximum absolute atomic E-state index is 12.9. The van der Waals surface area contributed by atoms with Gasteiger partial charge in [0.05, 0.1) is 6.54 Å². The fourth-order valence-corrected chi connectivity index (χ4v) is 4.63. The second kappa shape index (κ2) is 9.22. The molecule has 0 aliphatic carbocycles. The third kappa shape index (κ3) is 4.54. The zero-order chi connectivity index (χ0) is 21.1. The number of likely N-dealkylation sites (N-methyl/N-ethyl adjacent to an activating group) is 1. The molecule has 30 heavy (non-hydrogen) atoms. The molecular formula is C22H32N6O2. The standard InChI is InChI=1S/C22H32N6O2/c1-4-27(5-2)19-7-11-28(14-19)21(29)15-26-9-6-17-12-18(13-23-20(17)8-10-26)22-24-16(3)30-25-22/h12-13,19H,4-11,14-15H2,1-3H3. The average molecular weight is 413 g/mol. The molecule has 0 aromatic carbocycles. The predicted octanol–water partition coefficient (Wildman–Crippen LogP) is 1.78. The highest BCUT2D eigenvalue weighted by Crippen LogP contribution is 2.22. The summed E-state index contributed by atoms with van der Waals surface area (Å²) in [5.74, 6) is 1.39. The molecule has 0 saturated carbocycles. The number of aryl methyl sites for hydroxylation is 1. The van der Waals surface area contributed by atoms with Crippen LogP contribution in [0.2, 0.25) is 0 Å². The Balaban J connectivity index is 1.34. The molecule has 0 spiro atoms. The Hall–Kier alpha value is -2.32. The largest absolute Gasteiger partial charge is 0.340 e. The lowest BCUT2D eigenvalue weighted by Gasteiger charge is -2.27. The highest BCUT2D eigenvalue weighted by molar-refractivity contribution is 5.78. The summed E-state index contributed by atoms with van der Waals surface area (Å²) in [4.78, 5) is 28.6. The third-order valence-corrected chi connectivity index (χ3v) is 6.41. The van der Waals surface area contributed by atoms with Crippen LogP contribution in [0, 0.1) is 6.92 Å². The molecule has 0 radical (unpaired) electrons. The molecule has 0 N–H and O–H groups in total. The summed E-state index contributed by atoms with van der Waals surface area (Å²) in [5.41, 5.74) is 3.21. The number of likely N-dealkylation sites (tertiary alicyclic amines) is 1. The molecule has 8 nitrogen and oxygen atoms in total. The third-order valence-electron chi connectivity index (χ3n) is 6.41. The van der Waals surface area contributed by atoms with Crippen LogP contribution < -0.4 is 0 Å². The fraction of sp³-hybridized carbons (Fsp3) is 0.636. The van der Waals surface area contributed by atoms with Gasteiger partial charge in [0, 0.05) is 63.0 Å². The molecule has 0 bridgehead atoms. The minimum Gasteiger partial charge on any atom is -0.340 e. The lowest BCUT2D eigenvalue weighted by atomic mass is 10.1. The monoisotopic (exact) mass is 412 g/mol. The fourth-order valence-electron chi connectivity index (χ4n) is 4.63. The molecule has 1 unspecified atom stereocenters. The van der Waals surface area contributed by atoms with Crippen LogP contribution >= 0.6 is 0 Å². The van der Waals surface area contributed by atoms with Crippen molar-refractivity contribution < 1.29 is 9.32 Å². The summed E-state index contributed by atoms with van der Waals surface area (Å²) in [6, 6.07) is 2.63. The number of amides is 1. The summed E-state index contributed by atoms with van der Waals surface area (Å²) in [7, 11) is 0. The van der Waals surface area contributed by atoms with E-state index in [1.807, 2.05) is 6.20 Å². The highest BCUT2D eigenvalue weighted by atomic mass is 16.5. The molecule has 2 aromatic heterocycles. The molecule has 8 heteroatoms. The number of hydrogen-bond acceptors (Lipinski definition) is 7. The second-order valence-corrected chi connectivity index (χ2v) is 8.25. The van der Waals surface area contributed by atoms with Crippen molar-refractivity contribution in [2.24, 2.45) is 0 Å². The molecule has 1 atom stereocenters. The van der Waals surface area contributed by atoms with E-state index in [0.717, 1.165) is 69.8 Å². The van der Waals surface area contributed by atoms with Crippen molar-refractivity contribution in [1.82, 2.24) is 29.8 Å². The number of rotatable bonds is 6. The van der Waals surface area contributed by atoms with Crippen LogP contribution in [0.25, 0.3) is 11.4 Å². The van der Waals surface area contributed by atoms with Crippen molar-refractivity contribution in [3.05, 3.63) is 29.4 Å². The molecule has 162 valence electrons. The zero-order valence-electron chi connectivity index (χ0n) is 18.3. The minimum absolute atomic E-state index is 0.256. The maximum atomic E-state index is 12.9. The van der Waals surface area contributed by atoms with Gasteiger partial charge in [0.1, 0.15) is 0 Å².